The molecule has 0 spiro atoms. The average molecular weight is 701 g/mol. The number of halogens is 1. The molecule has 0 aliphatic carbocycles. The molecule has 266 valence electrons. The summed E-state index contributed by atoms with van der Waals surface area (Å²) in [4.78, 5) is 40.9. The monoisotopic (exact) mass is 700 g/mol. The first-order chi connectivity index (χ1) is 22.4. The van der Waals surface area contributed by atoms with Crippen molar-refractivity contribution in [3.63, 3.8) is 0 Å². The fourth-order valence-corrected chi connectivity index (χ4v) is 6.41. The average Bonchev–Trinajstić information content (AvgIpc) is 3.04. The molecule has 2 aliphatic heterocycles. The number of aliphatic hydroxyl groups excluding tert-OH is 1. The minimum Gasteiger partial charge on any atom is -0.453 e. The highest BCUT2D eigenvalue weighted by molar-refractivity contribution is 6.76. The second-order valence-corrected chi connectivity index (χ2v) is 19.4. The van der Waals surface area contributed by atoms with Crippen LogP contribution in [0.5, 0.6) is 0 Å². The molecule has 2 saturated heterocycles. The predicted molar refractivity (Wildman–Crippen MR) is 180 cm³/mol. The van der Waals surface area contributed by atoms with Gasteiger partial charge in [0, 0.05) is 46.4 Å². The van der Waals surface area contributed by atoms with E-state index in [1.54, 1.807) is 24.1 Å². The summed E-state index contributed by atoms with van der Waals surface area (Å²) in [5.74, 6) is 0.259. The molecule has 1 unspecified atom stereocenters. The molecule has 2 fully saturated rings. The standard InChI is InChI=1S/C32H53ClN4O9Si/c1-36(32(41)46-17-18-47(3,4)5)21-27(38)26(19-23-9-13-43-14-10-23)35-30(39)37-12-16-44-28(22-37)29(24-7-6-8-25(33)20-24)45-15-11-34-31(40)42-2/h6-8,20,23,26-29,38H,9-19,21-22H2,1-5H3,(H,34,40)(H,35,39)/t26-,27-,28-,29?/m1/s1. The Labute approximate surface area is 284 Å². The smallest absolute Gasteiger partial charge is 0.409 e. The number of hydrogen-bond acceptors (Lipinski definition) is 9. The maximum Gasteiger partial charge on any atom is 0.409 e. The summed E-state index contributed by atoms with van der Waals surface area (Å²) in [7, 11) is 1.51. The fourth-order valence-electron chi connectivity index (χ4n) is 5.50. The van der Waals surface area contributed by atoms with Crippen LogP contribution in [-0.2, 0) is 23.7 Å². The molecule has 0 bridgehead atoms. The van der Waals surface area contributed by atoms with Gasteiger partial charge in [-0.1, -0.05) is 43.4 Å². The first-order valence-electron chi connectivity index (χ1n) is 16.4. The SMILES string of the molecule is COC(=O)NCCOC(c1cccc(Cl)c1)[C@H]1CN(C(=O)N[C@H](CC2CCOCC2)[C@H](O)CN(C)C(=O)OCC[Si](C)(C)C)CCO1. The molecule has 47 heavy (non-hydrogen) atoms. The molecule has 13 nitrogen and oxygen atoms in total. The van der Waals surface area contributed by atoms with Crippen molar-refractivity contribution in [1.82, 2.24) is 20.4 Å². The number of aliphatic hydroxyl groups is 1. The molecule has 0 aromatic heterocycles. The van der Waals surface area contributed by atoms with E-state index >= 15 is 0 Å². The van der Waals surface area contributed by atoms with Crippen molar-refractivity contribution >= 4 is 37.9 Å². The van der Waals surface area contributed by atoms with Gasteiger partial charge in [0.15, 0.2) is 0 Å². The number of carbonyl (C=O) groups is 3. The molecule has 3 N–H and O–H groups in total. The van der Waals surface area contributed by atoms with E-state index in [1.807, 2.05) is 12.1 Å². The molecule has 15 heteroatoms. The van der Waals surface area contributed by atoms with Crippen LogP contribution < -0.4 is 10.6 Å². The third-order valence-electron chi connectivity index (χ3n) is 8.30. The normalized spacial score (nSPS) is 19.3. The van der Waals surface area contributed by atoms with E-state index in [-0.39, 0.29) is 44.8 Å². The summed E-state index contributed by atoms with van der Waals surface area (Å²) in [5, 5.41) is 17.5. The number of nitrogens with one attached hydrogen (secondary N) is 2. The number of likely N-dealkylation sites (N-methyl/N-ethyl adjacent to an activating group) is 1. The summed E-state index contributed by atoms with van der Waals surface area (Å²) in [6.07, 6.45) is -0.971. The number of nitrogens with zero attached hydrogens (tertiary/aromatic N) is 2. The Kier molecular flexibility index (Phi) is 16.0. The van der Waals surface area contributed by atoms with Gasteiger partial charge in [-0.15, -0.1) is 0 Å². The molecule has 2 aliphatic rings. The lowest BCUT2D eigenvalue weighted by atomic mass is 9.90. The highest BCUT2D eigenvalue weighted by Crippen LogP contribution is 2.29. The minimum atomic E-state index is -1.37. The largest absolute Gasteiger partial charge is 0.453 e. The summed E-state index contributed by atoms with van der Waals surface area (Å²) < 4.78 is 27.9. The number of urea groups is 1. The molecular weight excluding hydrogens is 648 g/mol. The Balaban J connectivity index is 1.67. The Morgan fingerprint density at radius 2 is 1.91 bits per heavy atom. The van der Waals surface area contributed by atoms with Crippen LogP contribution in [0.1, 0.15) is 30.9 Å². The number of rotatable bonds is 15. The Morgan fingerprint density at radius 3 is 2.60 bits per heavy atom. The highest BCUT2D eigenvalue weighted by Gasteiger charge is 2.35. The Morgan fingerprint density at radius 1 is 1.17 bits per heavy atom. The lowest BCUT2D eigenvalue weighted by Crippen LogP contribution is -2.56. The van der Waals surface area contributed by atoms with Crippen LogP contribution in [0, 0.1) is 5.92 Å². The third-order valence-corrected chi connectivity index (χ3v) is 10.2. The van der Waals surface area contributed by atoms with Crippen molar-refractivity contribution in [3.8, 4) is 0 Å². The predicted octanol–water partition coefficient (Wildman–Crippen LogP) is 4.12. The van der Waals surface area contributed by atoms with E-state index < -0.39 is 44.6 Å². The van der Waals surface area contributed by atoms with Crippen LogP contribution in [0.15, 0.2) is 24.3 Å². The van der Waals surface area contributed by atoms with Crippen molar-refractivity contribution in [2.45, 2.75) is 69.3 Å². The second-order valence-electron chi connectivity index (χ2n) is 13.3. The van der Waals surface area contributed by atoms with Crippen LogP contribution in [0.25, 0.3) is 0 Å². The summed E-state index contributed by atoms with van der Waals surface area (Å²) in [5.41, 5.74) is 0.774. The van der Waals surface area contributed by atoms with Crippen molar-refractivity contribution in [2.75, 3.05) is 73.4 Å². The minimum absolute atomic E-state index is 0.00989. The maximum absolute atomic E-state index is 13.7. The topological polar surface area (TPSA) is 148 Å². The zero-order valence-electron chi connectivity index (χ0n) is 28.4. The fraction of sp³-hybridized carbons (Fsp3) is 0.719. The quantitative estimate of drug-likeness (QED) is 0.182. The first kappa shape index (κ1) is 38.8. The zero-order valence-corrected chi connectivity index (χ0v) is 30.1. The number of hydrogen-bond donors (Lipinski definition) is 3. The van der Waals surface area contributed by atoms with Crippen LogP contribution in [0.3, 0.4) is 0 Å². The van der Waals surface area contributed by atoms with Gasteiger partial charge in [0.1, 0.15) is 12.2 Å². The van der Waals surface area contributed by atoms with Gasteiger partial charge in [0.2, 0.25) is 0 Å². The molecule has 0 radical (unpaired) electrons. The van der Waals surface area contributed by atoms with Gasteiger partial charge in [0.25, 0.3) is 0 Å². The number of amides is 4. The van der Waals surface area contributed by atoms with Gasteiger partial charge in [0.05, 0.1) is 52.2 Å². The zero-order chi connectivity index (χ0) is 34.4. The first-order valence-corrected chi connectivity index (χ1v) is 20.4. The van der Waals surface area contributed by atoms with E-state index in [9.17, 15) is 19.5 Å². The van der Waals surface area contributed by atoms with Crippen LogP contribution in [0.4, 0.5) is 14.4 Å². The number of carbonyl (C=O) groups excluding carboxylic acids is 3. The van der Waals surface area contributed by atoms with Gasteiger partial charge in [-0.25, -0.2) is 14.4 Å². The molecule has 1 aromatic carbocycles. The molecule has 0 saturated carbocycles. The van der Waals surface area contributed by atoms with E-state index in [1.165, 1.54) is 12.0 Å². The third kappa shape index (κ3) is 13.8. The number of benzene rings is 1. The number of morpholine rings is 1. The summed E-state index contributed by atoms with van der Waals surface area (Å²) in [6, 6.07) is 7.15. The molecule has 2 heterocycles. The number of methoxy groups -OCH3 is 1. The second kappa shape index (κ2) is 19.4. The van der Waals surface area contributed by atoms with Crippen molar-refractivity contribution in [2.24, 2.45) is 5.92 Å². The lowest BCUT2D eigenvalue weighted by molar-refractivity contribution is -0.105. The van der Waals surface area contributed by atoms with Crippen molar-refractivity contribution in [3.05, 3.63) is 34.9 Å². The van der Waals surface area contributed by atoms with Crippen LogP contribution in [0.2, 0.25) is 30.7 Å². The highest BCUT2D eigenvalue weighted by atomic mass is 35.5. The van der Waals surface area contributed by atoms with Gasteiger partial charge >= 0.3 is 18.2 Å². The van der Waals surface area contributed by atoms with Crippen LogP contribution >= 0.6 is 11.6 Å². The van der Waals surface area contributed by atoms with Crippen molar-refractivity contribution < 1.29 is 43.2 Å². The molecular formula is C32H53ClN4O9Si. The molecule has 1 aromatic rings. The Hall–Kier alpha value is -2.62. The van der Waals surface area contributed by atoms with Gasteiger partial charge < -0.3 is 49.2 Å². The summed E-state index contributed by atoms with van der Waals surface area (Å²) in [6.45, 7) is 9.49. The van der Waals surface area contributed by atoms with Crippen LogP contribution in [-0.4, -0.2) is 133 Å². The van der Waals surface area contributed by atoms with Gasteiger partial charge in [-0.2, -0.15) is 0 Å². The number of alkyl carbamates (subject to hydrolysis) is 1. The molecule has 3 rings (SSSR count). The summed E-state index contributed by atoms with van der Waals surface area (Å²) >= 11 is 6.29. The van der Waals surface area contributed by atoms with E-state index in [0.717, 1.165) is 24.4 Å². The number of ether oxygens (including phenoxy) is 5. The Bertz CT molecular complexity index is 1140. The lowest BCUT2D eigenvalue weighted by Gasteiger charge is -2.38. The molecule has 4 amide bonds. The van der Waals surface area contributed by atoms with E-state index in [4.69, 9.17) is 30.5 Å². The van der Waals surface area contributed by atoms with Gasteiger partial charge in [-0.3, -0.25) is 0 Å². The molecule has 4 atom stereocenters. The van der Waals surface area contributed by atoms with E-state index in [2.05, 4.69) is 35.0 Å². The van der Waals surface area contributed by atoms with E-state index in [0.29, 0.717) is 37.8 Å². The van der Waals surface area contributed by atoms with Gasteiger partial charge in [-0.05, 0) is 48.9 Å². The maximum atomic E-state index is 13.7. The van der Waals surface area contributed by atoms with Crippen molar-refractivity contribution in [1.29, 1.82) is 0 Å².